The van der Waals surface area contributed by atoms with Gasteiger partial charge in [-0.25, -0.2) is 9.13 Å². The molecule has 8 nitrogen and oxygen atoms in total. The molecule has 1 aliphatic carbocycles. The number of carbonyl (C=O) groups excluding carboxylic acids is 2. The lowest BCUT2D eigenvalue weighted by atomic mass is 9.88. The summed E-state index contributed by atoms with van der Waals surface area (Å²) in [6.07, 6.45) is 7.51. The third kappa shape index (κ3) is 4.55. The number of ether oxygens (including phenoxy) is 2. The lowest BCUT2D eigenvalue weighted by Crippen LogP contribution is -2.30. The first kappa shape index (κ1) is 26.9. The highest BCUT2D eigenvalue weighted by atomic mass is 16.5. The van der Waals surface area contributed by atoms with Gasteiger partial charge in [0.15, 0.2) is 23.9 Å². The Hall–Kier alpha value is -4.72. The number of furan rings is 2. The van der Waals surface area contributed by atoms with E-state index in [2.05, 4.69) is 0 Å². The Labute approximate surface area is 232 Å². The highest BCUT2D eigenvalue weighted by Gasteiger charge is 2.43. The quantitative estimate of drug-likeness (QED) is 0.204. The minimum absolute atomic E-state index is 0.0313. The largest absolute Gasteiger partial charge is 0.493 e. The van der Waals surface area contributed by atoms with Gasteiger partial charge in [-0.2, -0.15) is 0 Å². The first-order valence-electron chi connectivity index (χ1n) is 13.2. The zero-order chi connectivity index (χ0) is 28.6. The van der Waals surface area contributed by atoms with Gasteiger partial charge < -0.3 is 18.3 Å². The summed E-state index contributed by atoms with van der Waals surface area (Å²) in [6.45, 7) is 7.89. The number of nitrogens with zero attached hydrogens (tertiary/aromatic N) is 2. The number of fused-ring (bicyclic) bond motifs is 2. The fraction of sp³-hybridized carbons (Fsp3) is 0.250. The van der Waals surface area contributed by atoms with Gasteiger partial charge in [0.2, 0.25) is 23.0 Å². The molecule has 0 saturated carbocycles. The van der Waals surface area contributed by atoms with Gasteiger partial charge in [0.05, 0.1) is 47.6 Å². The zero-order valence-corrected chi connectivity index (χ0v) is 23.5. The average molecular weight is 541 g/mol. The van der Waals surface area contributed by atoms with Crippen LogP contribution in [0.1, 0.15) is 80.1 Å². The maximum absolute atomic E-state index is 14.0. The van der Waals surface area contributed by atoms with E-state index in [1.54, 1.807) is 13.8 Å². The maximum atomic E-state index is 14.0. The van der Waals surface area contributed by atoms with E-state index in [1.807, 2.05) is 98.0 Å². The van der Waals surface area contributed by atoms with E-state index in [9.17, 15) is 9.59 Å². The molecule has 0 N–H and O–H groups in total. The van der Waals surface area contributed by atoms with E-state index in [-0.39, 0.29) is 22.6 Å². The van der Waals surface area contributed by atoms with Crippen LogP contribution in [0.5, 0.6) is 0 Å². The molecular weight excluding hydrogens is 508 g/mol. The van der Waals surface area contributed by atoms with Gasteiger partial charge in [-0.15, -0.1) is 0 Å². The molecule has 0 bridgehead atoms. The molecule has 0 aromatic carbocycles. The average Bonchev–Trinajstić information content (AvgIpc) is 3.46. The van der Waals surface area contributed by atoms with Gasteiger partial charge in [-0.3, -0.25) is 9.59 Å². The van der Waals surface area contributed by atoms with Crippen molar-refractivity contribution in [1.29, 1.82) is 0 Å². The van der Waals surface area contributed by atoms with Crippen LogP contribution in [0.3, 0.4) is 0 Å². The third-order valence-corrected chi connectivity index (χ3v) is 6.88. The number of ketones is 2. The summed E-state index contributed by atoms with van der Waals surface area (Å²) in [4.78, 5) is 28.0. The van der Waals surface area contributed by atoms with Crippen LogP contribution >= 0.6 is 0 Å². The molecule has 1 aliphatic rings. The van der Waals surface area contributed by atoms with Crippen molar-refractivity contribution in [3.63, 3.8) is 0 Å². The summed E-state index contributed by atoms with van der Waals surface area (Å²) in [7, 11) is 3.83. The summed E-state index contributed by atoms with van der Waals surface area (Å²) in [5, 5.41) is 0. The Kier molecular flexibility index (Phi) is 7.26. The van der Waals surface area contributed by atoms with E-state index in [0.717, 1.165) is 11.4 Å². The molecule has 5 rings (SSSR count). The van der Waals surface area contributed by atoms with E-state index >= 15 is 0 Å². The number of carbonyl (C=O) groups is 2. The molecule has 0 atom stereocenters. The summed E-state index contributed by atoms with van der Waals surface area (Å²) in [6, 6.07) is 11.5. The van der Waals surface area contributed by atoms with Gasteiger partial charge in [-0.05, 0) is 39.8 Å². The molecule has 0 amide bonds. The van der Waals surface area contributed by atoms with Crippen LogP contribution in [0.4, 0.5) is 0 Å². The number of hydrogen-bond acceptors (Lipinski definition) is 6. The molecule has 8 heteroatoms. The van der Waals surface area contributed by atoms with Crippen LogP contribution in [0.2, 0.25) is 0 Å². The topological polar surface area (TPSA) is 86.6 Å². The predicted octanol–water partition coefficient (Wildman–Crippen LogP) is 4.98. The first-order chi connectivity index (χ1) is 19.3. The van der Waals surface area contributed by atoms with Gasteiger partial charge in [0.25, 0.3) is 0 Å². The third-order valence-electron chi connectivity index (χ3n) is 6.88. The number of aryl methyl sites for hydroxylation is 4. The molecule has 0 fully saturated rings. The second-order valence-corrected chi connectivity index (χ2v) is 9.49. The summed E-state index contributed by atoms with van der Waals surface area (Å²) in [5.74, 6) is 0.755. The van der Waals surface area contributed by atoms with Crippen LogP contribution in [0.15, 0.2) is 57.6 Å². The van der Waals surface area contributed by atoms with E-state index in [1.165, 1.54) is 0 Å². The SMILES string of the molecule is CCO/C(=C\c1cccc[n+]1C)c1c(C)oc2c1C(=O)c1oc(C)c(/C(=C/c3cccc[n+]3C)OCC)c1C2=O. The van der Waals surface area contributed by atoms with E-state index < -0.39 is 11.6 Å². The number of aromatic nitrogens is 2. The zero-order valence-electron chi connectivity index (χ0n) is 23.5. The Morgan fingerprint density at radius 2 is 1.12 bits per heavy atom. The molecule has 0 saturated heterocycles. The Morgan fingerprint density at radius 1 is 0.725 bits per heavy atom. The van der Waals surface area contributed by atoms with Crippen LogP contribution in [-0.2, 0) is 23.6 Å². The Balaban J connectivity index is 1.68. The van der Waals surface area contributed by atoms with Crippen LogP contribution in [0.25, 0.3) is 23.7 Å². The van der Waals surface area contributed by atoms with Gasteiger partial charge in [0, 0.05) is 24.3 Å². The second kappa shape index (κ2) is 10.8. The van der Waals surface area contributed by atoms with Crippen LogP contribution < -0.4 is 9.13 Å². The lowest BCUT2D eigenvalue weighted by molar-refractivity contribution is -0.673. The van der Waals surface area contributed by atoms with Crippen molar-refractivity contribution in [3.8, 4) is 0 Å². The number of pyridine rings is 2. The van der Waals surface area contributed by atoms with Crippen molar-refractivity contribution in [2.24, 2.45) is 14.1 Å². The van der Waals surface area contributed by atoms with Crippen molar-refractivity contribution in [1.82, 2.24) is 0 Å². The summed E-state index contributed by atoms with van der Waals surface area (Å²) < 4.78 is 27.9. The highest BCUT2D eigenvalue weighted by molar-refractivity contribution is 6.29. The number of hydrogen-bond donors (Lipinski definition) is 0. The normalized spacial score (nSPS) is 13.3. The molecule has 4 heterocycles. The summed E-state index contributed by atoms with van der Waals surface area (Å²) in [5.41, 5.74) is 2.88. The van der Waals surface area contributed by atoms with Crippen molar-refractivity contribution in [2.75, 3.05) is 13.2 Å². The molecule has 0 radical (unpaired) electrons. The van der Waals surface area contributed by atoms with Crippen LogP contribution in [-0.4, -0.2) is 24.8 Å². The molecular formula is C32H32N2O6+2. The van der Waals surface area contributed by atoms with Gasteiger partial charge in [-0.1, -0.05) is 0 Å². The number of rotatable bonds is 8. The lowest BCUT2D eigenvalue weighted by Gasteiger charge is -2.14. The molecule has 204 valence electrons. The van der Waals surface area contributed by atoms with E-state index in [0.29, 0.717) is 47.4 Å². The fourth-order valence-electron chi connectivity index (χ4n) is 4.99. The van der Waals surface area contributed by atoms with Crippen molar-refractivity contribution in [2.45, 2.75) is 27.7 Å². The highest BCUT2D eigenvalue weighted by Crippen LogP contribution is 2.42. The second-order valence-electron chi connectivity index (χ2n) is 9.49. The smallest absolute Gasteiger partial charge is 0.233 e. The molecule has 4 aromatic heterocycles. The molecule has 0 unspecified atom stereocenters. The molecule has 4 aromatic rings. The minimum atomic E-state index is -0.435. The van der Waals surface area contributed by atoms with Crippen molar-refractivity contribution < 1.29 is 37.0 Å². The molecule has 40 heavy (non-hydrogen) atoms. The fourth-order valence-corrected chi connectivity index (χ4v) is 4.99. The van der Waals surface area contributed by atoms with Crippen LogP contribution in [0, 0.1) is 13.8 Å². The first-order valence-corrected chi connectivity index (χ1v) is 13.2. The minimum Gasteiger partial charge on any atom is -0.493 e. The van der Waals surface area contributed by atoms with Gasteiger partial charge in [0.1, 0.15) is 37.1 Å². The summed E-state index contributed by atoms with van der Waals surface area (Å²) >= 11 is 0. The molecule has 0 spiro atoms. The molecule has 0 aliphatic heterocycles. The van der Waals surface area contributed by atoms with Gasteiger partial charge >= 0.3 is 0 Å². The maximum Gasteiger partial charge on any atom is 0.233 e. The monoisotopic (exact) mass is 540 g/mol. The Bertz CT molecular complexity index is 1580. The van der Waals surface area contributed by atoms with E-state index in [4.69, 9.17) is 18.3 Å². The Morgan fingerprint density at radius 3 is 1.48 bits per heavy atom. The predicted molar refractivity (Wildman–Crippen MR) is 148 cm³/mol. The standard InChI is InChI=1S/C32H32N2O6/c1-7-37-23(17-21-13-9-11-15-33(21)5)25-19(3)39-31-27(25)29(35)32-28(30(31)36)26(20(4)40-32)24(38-8-2)18-22-14-10-12-16-34(22)6/h9-18H,7-8H2,1-6H3/q+2/b23-17-,24-18-. The van der Waals surface area contributed by atoms with Crippen molar-refractivity contribution in [3.05, 3.63) is 105 Å². The van der Waals surface area contributed by atoms with Crippen molar-refractivity contribution >= 4 is 35.2 Å².